The fraction of sp³-hybridized carbons (Fsp3) is 0.846. The first kappa shape index (κ1) is 20.2. The van der Waals surface area contributed by atoms with Crippen molar-refractivity contribution in [2.75, 3.05) is 34.0 Å². The average Bonchev–Trinajstić information content (AvgIpc) is 2.38. The lowest BCUT2D eigenvalue weighted by molar-refractivity contribution is -0.902. The van der Waals surface area contributed by atoms with Crippen molar-refractivity contribution in [3.8, 4) is 0 Å². The summed E-state index contributed by atoms with van der Waals surface area (Å²) in [6.45, 7) is 5.57. The van der Waals surface area contributed by atoms with Gasteiger partial charge in [0.25, 0.3) is 0 Å². The van der Waals surface area contributed by atoms with Crippen LogP contribution in [-0.2, 0) is 14.3 Å². The maximum Gasteiger partial charge on any atom is 0.306 e. The summed E-state index contributed by atoms with van der Waals surface area (Å²) in [5, 5.41) is 8.61. The Labute approximate surface area is 114 Å². The van der Waals surface area contributed by atoms with E-state index in [1.807, 2.05) is 13.8 Å². The maximum atomic E-state index is 12.4. The predicted molar refractivity (Wildman–Crippen MR) is 71.3 cm³/mol. The zero-order valence-electron chi connectivity index (χ0n) is 12.6. The van der Waals surface area contributed by atoms with Gasteiger partial charge < -0.3 is 9.84 Å². The van der Waals surface area contributed by atoms with Gasteiger partial charge in [-0.2, -0.15) is 4.39 Å². The highest BCUT2D eigenvalue weighted by Crippen LogP contribution is 2.06. The summed E-state index contributed by atoms with van der Waals surface area (Å²) in [4.78, 5) is 21.7. The number of carbonyl (C=O) groups is 2. The van der Waals surface area contributed by atoms with Crippen molar-refractivity contribution in [2.45, 2.75) is 33.6 Å². The minimum Gasteiger partial charge on any atom is -0.481 e. The summed E-state index contributed by atoms with van der Waals surface area (Å²) in [6.07, 6.45) is 0.339. The van der Waals surface area contributed by atoms with E-state index in [4.69, 9.17) is 9.84 Å². The summed E-state index contributed by atoms with van der Waals surface area (Å²) in [7, 11) is 3.39. The number of halogens is 1. The fourth-order valence-electron chi connectivity index (χ4n) is 0.996. The molecular formula is C13H27FNO4+. The second-order valence-corrected chi connectivity index (χ2v) is 4.78. The first-order valence-electron chi connectivity index (χ1n) is 6.55. The first-order valence-corrected chi connectivity index (χ1v) is 6.55. The average molecular weight is 280 g/mol. The van der Waals surface area contributed by atoms with Crippen molar-refractivity contribution in [1.29, 1.82) is 0 Å². The molecule has 6 heteroatoms. The topological polar surface area (TPSA) is 63.6 Å². The molecular weight excluding hydrogens is 253 g/mol. The normalized spacial score (nSPS) is 12.1. The number of ether oxygens (including phenoxy) is 1. The van der Waals surface area contributed by atoms with Crippen molar-refractivity contribution in [2.24, 2.45) is 5.92 Å². The summed E-state index contributed by atoms with van der Waals surface area (Å²) < 4.78 is 17.4. The Hall–Kier alpha value is -1.17. The lowest BCUT2D eigenvalue weighted by Gasteiger charge is -2.25. The van der Waals surface area contributed by atoms with E-state index >= 15 is 0 Å². The van der Waals surface area contributed by atoms with Crippen molar-refractivity contribution < 1.29 is 28.3 Å². The van der Waals surface area contributed by atoms with Crippen LogP contribution in [0.3, 0.4) is 0 Å². The third-order valence-corrected chi connectivity index (χ3v) is 2.49. The van der Waals surface area contributed by atoms with Crippen molar-refractivity contribution in [1.82, 2.24) is 0 Å². The molecule has 0 aliphatic heterocycles. The van der Waals surface area contributed by atoms with Gasteiger partial charge >= 0.3 is 11.9 Å². The molecule has 0 saturated carbocycles. The molecule has 0 rings (SSSR count). The molecule has 5 nitrogen and oxygen atoms in total. The number of likely N-dealkylation sites (N-methyl/N-ethyl adjacent to an activating group) is 1. The zero-order chi connectivity index (χ0) is 15.5. The van der Waals surface area contributed by atoms with Gasteiger partial charge in [-0.1, -0.05) is 20.8 Å². The van der Waals surface area contributed by atoms with Crippen LogP contribution in [0.15, 0.2) is 0 Å². The highest BCUT2D eigenvalue weighted by atomic mass is 19.1. The van der Waals surface area contributed by atoms with Gasteiger partial charge in [-0.25, -0.2) is 0 Å². The summed E-state index contributed by atoms with van der Waals surface area (Å²) in [5.74, 6) is -1.91. The van der Waals surface area contributed by atoms with Gasteiger partial charge in [-0.05, 0) is 6.42 Å². The highest BCUT2D eigenvalue weighted by molar-refractivity contribution is 5.72. The number of carboxylic acids is 1. The third kappa shape index (κ3) is 11.6. The minimum absolute atomic E-state index is 0.0799. The van der Waals surface area contributed by atoms with Crippen molar-refractivity contribution >= 4 is 11.9 Å². The van der Waals surface area contributed by atoms with Crippen LogP contribution < -0.4 is 0 Å². The number of carboxylic acid groups (broad SMARTS) is 1. The summed E-state index contributed by atoms with van der Waals surface area (Å²) in [5.41, 5.74) is 0. The van der Waals surface area contributed by atoms with Crippen molar-refractivity contribution in [3.63, 3.8) is 0 Å². The molecule has 0 aromatic rings. The standard InChI is InChI=1S/C11H20FNO4.C2H6/c1-9(11(15)16)4-5-10(14)17-7-6-13(2,3)8-12;1-2/h9H,4-8H2,1-3H3;1-2H3/p+1. The third-order valence-electron chi connectivity index (χ3n) is 2.49. The smallest absolute Gasteiger partial charge is 0.306 e. The Morgan fingerprint density at radius 3 is 2.26 bits per heavy atom. The van der Waals surface area contributed by atoms with Crippen LogP contribution in [0.2, 0.25) is 0 Å². The Morgan fingerprint density at radius 2 is 1.84 bits per heavy atom. The molecule has 19 heavy (non-hydrogen) atoms. The van der Waals surface area contributed by atoms with Gasteiger partial charge in [0.2, 0.25) is 6.80 Å². The van der Waals surface area contributed by atoms with E-state index in [1.54, 1.807) is 21.0 Å². The van der Waals surface area contributed by atoms with E-state index < -0.39 is 24.7 Å². The molecule has 0 saturated heterocycles. The number of aliphatic carboxylic acids is 1. The summed E-state index contributed by atoms with van der Waals surface area (Å²) in [6, 6.07) is 0. The molecule has 0 amide bonds. The monoisotopic (exact) mass is 280 g/mol. The number of hydrogen-bond acceptors (Lipinski definition) is 3. The van der Waals surface area contributed by atoms with Crippen LogP contribution in [0.5, 0.6) is 0 Å². The number of alkyl halides is 1. The van der Waals surface area contributed by atoms with Crippen LogP contribution in [-0.4, -0.2) is 55.6 Å². The molecule has 1 atom stereocenters. The van der Waals surface area contributed by atoms with Gasteiger partial charge in [0.05, 0.1) is 20.0 Å². The Bertz CT molecular complexity index is 269. The molecule has 0 heterocycles. The molecule has 0 aromatic carbocycles. The number of nitrogens with zero attached hydrogens (tertiary/aromatic N) is 1. The number of quaternary nitrogens is 1. The molecule has 1 N–H and O–H groups in total. The van der Waals surface area contributed by atoms with Gasteiger partial charge in [-0.3, -0.25) is 14.1 Å². The van der Waals surface area contributed by atoms with Gasteiger partial charge in [0, 0.05) is 6.42 Å². The molecule has 0 aliphatic rings. The molecule has 0 aliphatic carbocycles. The van der Waals surface area contributed by atoms with E-state index in [-0.39, 0.29) is 23.9 Å². The highest BCUT2D eigenvalue weighted by Gasteiger charge is 2.16. The first-order chi connectivity index (χ1) is 8.78. The van der Waals surface area contributed by atoms with Gasteiger partial charge in [-0.15, -0.1) is 0 Å². The lowest BCUT2D eigenvalue weighted by atomic mass is 10.1. The van der Waals surface area contributed by atoms with E-state index in [0.29, 0.717) is 6.54 Å². The second-order valence-electron chi connectivity index (χ2n) is 4.78. The molecule has 1 unspecified atom stereocenters. The van der Waals surface area contributed by atoms with Crippen molar-refractivity contribution in [3.05, 3.63) is 0 Å². The second kappa shape index (κ2) is 10.7. The van der Waals surface area contributed by atoms with E-state index in [1.165, 1.54) is 0 Å². The number of esters is 1. The van der Waals surface area contributed by atoms with Crippen LogP contribution in [0, 0.1) is 5.92 Å². The maximum absolute atomic E-state index is 12.4. The molecule has 0 aromatic heterocycles. The number of carbonyl (C=O) groups excluding carboxylic acids is 1. The Balaban J connectivity index is 0. The lowest BCUT2D eigenvalue weighted by Crippen LogP contribution is -2.41. The van der Waals surface area contributed by atoms with Crippen LogP contribution in [0.1, 0.15) is 33.6 Å². The van der Waals surface area contributed by atoms with E-state index in [2.05, 4.69) is 0 Å². The summed E-state index contributed by atoms with van der Waals surface area (Å²) >= 11 is 0. The molecule has 0 radical (unpaired) electrons. The van der Waals surface area contributed by atoms with Gasteiger partial charge in [0.15, 0.2) is 0 Å². The van der Waals surface area contributed by atoms with Crippen LogP contribution in [0.25, 0.3) is 0 Å². The Kier molecular flexibility index (Phi) is 11.4. The minimum atomic E-state index is -0.923. The molecule has 114 valence electrons. The molecule has 0 bridgehead atoms. The van der Waals surface area contributed by atoms with Crippen LogP contribution >= 0.6 is 0 Å². The SMILES string of the molecule is CC.CC(CCC(=O)OCC[N+](C)(C)CF)C(=O)O. The molecule has 0 fully saturated rings. The Morgan fingerprint density at radius 1 is 1.32 bits per heavy atom. The number of rotatable bonds is 8. The number of hydrogen-bond donors (Lipinski definition) is 1. The van der Waals surface area contributed by atoms with Crippen LogP contribution in [0.4, 0.5) is 4.39 Å². The fourth-order valence-corrected chi connectivity index (χ4v) is 0.996. The van der Waals surface area contributed by atoms with Gasteiger partial charge in [0.1, 0.15) is 13.2 Å². The zero-order valence-corrected chi connectivity index (χ0v) is 12.6. The quantitative estimate of drug-likeness (QED) is 0.420. The predicted octanol–water partition coefficient (Wildman–Crippen LogP) is 2.06. The van der Waals surface area contributed by atoms with E-state index in [9.17, 15) is 14.0 Å². The molecule has 0 spiro atoms. The largest absolute Gasteiger partial charge is 0.481 e. The van der Waals surface area contributed by atoms with E-state index in [0.717, 1.165) is 0 Å².